The molecule has 1 amide bonds. The molecule has 7 nitrogen and oxygen atoms in total. The quantitative estimate of drug-likeness (QED) is 0.459. The summed E-state index contributed by atoms with van der Waals surface area (Å²) < 4.78 is 22.1. The number of fused-ring (bicyclic) bond motifs is 1. The van der Waals surface area contributed by atoms with Gasteiger partial charge in [-0.05, 0) is 35.9 Å². The average Bonchev–Trinajstić information content (AvgIpc) is 3.51. The number of furan rings is 1. The highest BCUT2D eigenvalue weighted by atomic mass is 16.6. The van der Waals surface area contributed by atoms with Gasteiger partial charge in [-0.15, -0.1) is 0 Å². The Morgan fingerprint density at radius 1 is 0.903 bits per heavy atom. The fourth-order valence-corrected chi connectivity index (χ4v) is 3.46. The van der Waals surface area contributed by atoms with E-state index in [9.17, 15) is 4.79 Å². The van der Waals surface area contributed by atoms with Crippen LogP contribution in [0.25, 0.3) is 11.3 Å². The van der Waals surface area contributed by atoms with Crippen LogP contribution >= 0.6 is 0 Å². The number of rotatable bonds is 6. The Morgan fingerprint density at radius 3 is 2.55 bits per heavy atom. The number of aromatic nitrogens is 1. The smallest absolute Gasteiger partial charge is 0.276 e. The van der Waals surface area contributed by atoms with Crippen LogP contribution in [0.4, 0.5) is 0 Å². The highest BCUT2D eigenvalue weighted by Gasteiger charge is 2.23. The Bertz CT molecular complexity index is 1170. The van der Waals surface area contributed by atoms with E-state index in [1.54, 1.807) is 23.3 Å². The van der Waals surface area contributed by atoms with Crippen molar-refractivity contribution in [2.45, 2.75) is 13.1 Å². The van der Waals surface area contributed by atoms with Crippen molar-refractivity contribution in [3.05, 3.63) is 90.0 Å². The molecule has 0 N–H and O–H groups in total. The van der Waals surface area contributed by atoms with Crippen molar-refractivity contribution in [2.75, 3.05) is 13.2 Å². The van der Waals surface area contributed by atoms with E-state index in [0.717, 1.165) is 11.1 Å². The third-order valence-electron chi connectivity index (χ3n) is 4.99. The first-order valence-electron chi connectivity index (χ1n) is 9.98. The summed E-state index contributed by atoms with van der Waals surface area (Å²) in [6.07, 6.45) is 1.59. The third kappa shape index (κ3) is 4.16. The molecule has 5 rings (SSSR count). The number of carbonyl (C=O) groups is 1. The molecule has 4 aromatic rings. The maximum absolute atomic E-state index is 13.3. The standard InChI is InChI=1S/C24H20N2O5/c27-24(26(16-19-7-4-10-28-19)15-17-5-2-1-3-6-17)20-14-22(31-25-20)18-8-9-21-23(13-18)30-12-11-29-21/h1-10,13-14H,11-12,15-16H2. The first kappa shape index (κ1) is 19.0. The second-order valence-corrected chi connectivity index (χ2v) is 7.16. The summed E-state index contributed by atoms with van der Waals surface area (Å²) in [7, 11) is 0. The van der Waals surface area contributed by atoms with Crippen molar-refractivity contribution >= 4 is 5.91 Å². The van der Waals surface area contributed by atoms with E-state index in [1.807, 2.05) is 54.6 Å². The number of hydrogen-bond donors (Lipinski definition) is 0. The van der Waals surface area contributed by atoms with E-state index in [-0.39, 0.29) is 11.6 Å². The maximum Gasteiger partial charge on any atom is 0.276 e. The molecule has 0 unspecified atom stereocenters. The number of ether oxygens (including phenoxy) is 2. The summed E-state index contributed by atoms with van der Waals surface area (Å²) in [6, 6.07) is 20.6. The van der Waals surface area contributed by atoms with E-state index in [1.165, 1.54) is 0 Å². The van der Waals surface area contributed by atoms with Crippen LogP contribution in [-0.4, -0.2) is 29.2 Å². The minimum Gasteiger partial charge on any atom is -0.486 e. The van der Waals surface area contributed by atoms with Gasteiger partial charge >= 0.3 is 0 Å². The van der Waals surface area contributed by atoms with Crippen LogP contribution in [-0.2, 0) is 13.1 Å². The monoisotopic (exact) mass is 416 g/mol. The van der Waals surface area contributed by atoms with Gasteiger partial charge in [0, 0.05) is 18.2 Å². The number of hydrogen-bond acceptors (Lipinski definition) is 6. The molecular weight excluding hydrogens is 396 g/mol. The molecule has 7 heteroatoms. The first-order chi connectivity index (χ1) is 15.3. The lowest BCUT2D eigenvalue weighted by atomic mass is 10.1. The van der Waals surface area contributed by atoms with Crippen LogP contribution in [0.15, 0.2) is 81.9 Å². The Labute approximate surface area is 178 Å². The zero-order chi connectivity index (χ0) is 21.0. The Hall–Kier alpha value is -4.00. The van der Waals surface area contributed by atoms with Gasteiger partial charge in [-0.1, -0.05) is 35.5 Å². The molecule has 31 heavy (non-hydrogen) atoms. The van der Waals surface area contributed by atoms with Crippen molar-refractivity contribution in [3.8, 4) is 22.8 Å². The minimum atomic E-state index is -0.243. The van der Waals surface area contributed by atoms with Crippen LogP contribution in [0.5, 0.6) is 11.5 Å². The molecule has 0 saturated heterocycles. The van der Waals surface area contributed by atoms with Crippen LogP contribution < -0.4 is 9.47 Å². The van der Waals surface area contributed by atoms with Crippen LogP contribution in [0.2, 0.25) is 0 Å². The zero-order valence-electron chi connectivity index (χ0n) is 16.7. The predicted octanol–water partition coefficient (Wildman–Crippen LogP) is 4.55. The second kappa shape index (κ2) is 8.39. The average molecular weight is 416 g/mol. The predicted molar refractivity (Wildman–Crippen MR) is 112 cm³/mol. The number of amides is 1. The molecular formula is C24H20N2O5. The van der Waals surface area contributed by atoms with Gasteiger partial charge in [-0.25, -0.2) is 0 Å². The van der Waals surface area contributed by atoms with Crippen molar-refractivity contribution < 1.29 is 23.2 Å². The molecule has 0 fully saturated rings. The van der Waals surface area contributed by atoms with E-state index in [0.29, 0.717) is 49.3 Å². The summed E-state index contributed by atoms with van der Waals surface area (Å²) in [4.78, 5) is 15.0. The molecule has 0 bridgehead atoms. The van der Waals surface area contributed by atoms with Crippen LogP contribution in [0, 0.1) is 0 Å². The molecule has 2 aromatic heterocycles. The number of nitrogens with zero attached hydrogens (tertiary/aromatic N) is 2. The van der Waals surface area contributed by atoms with Crippen LogP contribution in [0.3, 0.4) is 0 Å². The van der Waals surface area contributed by atoms with Crippen LogP contribution in [0.1, 0.15) is 21.8 Å². The second-order valence-electron chi connectivity index (χ2n) is 7.16. The fraction of sp³-hybridized carbons (Fsp3) is 0.167. The highest BCUT2D eigenvalue weighted by molar-refractivity contribution is 5.93. The van der Waals surface area contributed by atoms with E-state index >= 15 is 0 Å². The Kier molecular flexibility index (Phi) is 5.14. The summed E-state index contributed by atoms with van der Waals surface area (Å²) in [5.41, 5.74) is 2.00. The first-order valence-corrected chi connectivity index (χ1v) is 9.98. The van der Waals surface area contributed by atoms with Gasteiger partial charge in [0.1, 0.15) is 19.0 Å². The molecule has 3 heterocycles. The molecule has 0 spiro atoms. The SMILES string of the molecule is O=C(c1cc(-c2ccc3c(c2)OCCO3)on1)N(Cc1ccccc1)Cc1ccco1. The molecule has 156 valence electrons. The normalized spacial score (nSPS) is 12.5. The van der Waals surface area contributed by atoms with Crippen molar-refractivity contribution in [1.29, 1.82) is 0 Å². The highest BCUT2D eigenvalue weighted by Crippen LogP contribution is 2.34. The largest absolute Gasteiger partial charge is 0.486 e. The summed E-state index contributed by atoms with van der Waals surface area (Å²) in [6.45, 7) is 1.78. The van der Waals surface area contributed by atoms with Gasteiger partial charge in [-0.2, -0.15) is 0 Å². The molecule has 1 aliphatic heterocycles. The maximum atomic E-state index is 13.3. The van der Waals surface area contributed by atoms with E-state index in [2.05, 4.69) is 5.16 Å². The minimum absolute atomic E-state index is 0.229. The van der Waals surface area contributed by atoms with Gasteiger partial charge < -0.3 is 23.3 Å². The number of carbonyl (C=O) groups excluding carboxylic acids is 1. The van der Waals surface area contributed by atoms with Gasteiger partial charge in [0.25, 0.3) is 5.91 Å². The summed E-state index contributed by atoms with van der Waals surface area (Å²) in [5.74, 6) is 2.28. The van der Waals surface area contributed by atoms with E-state index < -0.39 is 0 Å². The summed E-state index contributed by atoms with van der Waals surface area (Å²) >= 11 is 0. The molecule has 0 aliphatic carbocycles. The Balaban J connectivity index is 1.40. The topological polar surface area (TPSA) is 77.9 Å². The molecule has 0 radical (unpaired) electrons. The molecule has 1 aliphatic rings. The Morgan fingerprint density at radius 2 is 1.74 bits per heavy atom. The molecule has 0 atom stereocenters. The van der Waals surface area contributed by atoms with E-state index in [4.69, 9.17) is 18.4 Å². The lowest BCUT2D eigenvalue weighted by molar-refractivity contribution is 0.0707. The van der Waals surface area contributed by atoms with Crippen molar-refractivity contribution in [3.63, 3.8) is 0 Å². The van der Waals surface area contributed by atoms with Gasteiger partial charge in [0.05, 0.1) is 12.8 Å². The third-order valence-corrected chi connectivity index (χ3v) is 4.99. The molecule has 0 saturated carbocycles. The number of benzene rings is 2. The van der Waals surface area contributed by atoms with Gasteiger partial charge in [0.2, 0.25) is 0 Å². The fourth-order valence-electron chi connectivity index (χ4n) is 3.46. The van der Waals surface area contributed by atoms with Gasteiger partial charge in [-0.3, -0.25) is 4.79 Å². The van der Waals surface area contributed by atoms with Crippen molar-refractivity contribution in [2.24, 2.45) is 0 Å². The zero-order valence-corrected chi connectivity index (χ0v) is 16.7. The van der Waals surface area contributed by atoms with Gasteiger partial charge in [0.15, 0.2) is 23.0 Å². The molecule has 2 aromatic carbocycles. The summed E-state index contributed by atoms with van der Waals surface area (Å²) in [5, 5.41) is 4.03. The lowest BCUT2D eigenvalue weighted by Crippen LogP contribution is -2.30. The van der Waals surface area contributed by atoms with Crippen molar-refractivity contribution in [1.82, 2.24) is 10.1 Å². The lowest BCUT2D eigenvalue weighted by Gasteiger charge is -2.20.